The molecule has 130 valence electrons. The lowest BCUT2D eigenvalue weighted by atomic mass is 10.2. The summed E-state index contributed by atoms with van der Waals surface area (Å²) in [4.78, 5) is 16.6. The second-order valence-corrected chi connectivity index (χ2v) is 6.43. The van der Waals surface area contributed by atoms with E-state index in [2.05, 4.69) is 16.0 Å². The Labute approximate surface area is 145 Å². The fourth-order valence-electron chi connectivity index (χ4n) is 2.68. The first-order valence-electron chi connectivity index (χ1n) is 7.63. The maximum atomic E-state index is 8.36. The fraction of sp³-hybridized carbons (Fsp3) is 0.412. The van der Waals surface area contributed by atoms with Crippen molar-refractivity contribution in [1.29, 1.82) is 0 Å². The van der Waals surface area contributed by atoms with Gasteiger partial charge in [0, 0.05) is 37.8 Å². The van der Waals surface area contributed by atoms with Gasteiger partial charge < -0.3 is 14.6 Å². The van der Waals surface area contributed by atoms with Gasteiger partial charge in [-0.2, -0.15) is 0 Å². The summed E-state index contributed by atoms with van der Waals surface area (Å²) >= 11 is 1.74. The molecule has 1 aliphatic rings. The first-order valence-corrected chi connectivity index (χ1v) is 8.44. The van der Waals surface area contributed by atoms with E-state index in [1.807, 2.05) is 24.4 Å². The van der Waals surface area contributed by atoms with Crippen molar-refractivity contribution < 1.29 is 19.4 Å². The first kappa shape index (κ1) is 18.4. The van der Waals surface area contributed by atoms with Crippen LogP contribution in [-0.4, -0.2) is 54.9 Å². The molecule has 0 radical (unpaired) electrons. The number of aromatic nitrogens is 1. The van der Waals surface area contributed by atoms with Crippen molar-refractivity contribution in [2.75, 3.05) is 27.3 Å². The number of hydrogen-bond donors (Lipinski definition) is 1. The zero-order valence-corrected chi connectivity index (χ0v) is 14.7. The lowest BCUT2D eigenvalue weighted by Gasteiger charge is -2.13. The van der Waals surface area contributed by atoms with Gasteiger partial charge in [-0.1, -0.05) is 12.1 Å². The van der Waals surface area contributed by atoms with E-state index in [-0.39, 0.29) is 6.47 Å². The van der Waals surface area contributed by atoms with Gasteiger partial charge in [0.25, 0.3) is 6.47 Å². The fourth-order valence-corrected chi connectivity index (χ4v) is 3.66. The quantitative estimate of drug-likeness (QED) is 0.836. The van der Waals surface area contributed by atoms with Crippen LogP contribution in [-0.2, 0) is 16.1 Å². The van der Waals surface area contributed by atoms with Crippen molar-refractivity contribution in [3.8, 4) is 16.3 Å². The van der Waals surface area contributed by atoms with Gasteiger partial charge in [0.1, 0.15) is 10.8 Å². The second kappa shape index (κ2) is 9.36. The van der Waals surface area contributed by atoms with E-state index in [1.165, 1.54) is 4.88 Å². The van der Waals surface area contributed by atoms with E-state index in [0.29, 0.717) is 6.10 Å². The van der Waals surface area contributed by atoms with Crippen LogP contribution in [0.5, 0.6) is 5.75 Å². The summed E-state index contributed by atoms with van der Waals surface area (Å²) in [6, 6.07) is 8.02. The third-order valence-corrected chi connectivity index (χ3v) is 4.85. The van der Waals surface area contributed by atoms with Gasteiger partial charge in [-0.15, -0.1) is 11.3 Å². The third-order valence-electron chi connectivity index (χ3n) is 3.83. The van der Waals surface area contributed by atoms with E-state index in [9.17, 15) is 0 Å². The molecule has 1 unspecified atom stereocenters. The van der Waals surface area contributed by atoms with Crippen LogP contribution >= 0.6 is 11.3 Å². The number of para-hydroxylation sites is 1. The van der Waals surface area contributed by atoms with Crippen molar-refractivity contribution in [2.45, 2.75) is 19.1 Å². The number of benzene rings is 1. The summed E-state index contributed by atoms with van der Waals surface area (Å²) < 4.78 is 10.8. The number of likely N-dealkylation sites (tertiary alicyclic amines) is 1. The van der Waals surface area contributed by atoms with E-state index in [0.717, 1.165) is 42.4 Å². The predicted molar refractivity (Wildman–Crippen MR) is 93.5 cm³/mol. The summed E-state index contributed by atoms with van der Waals surface area (Å²) in [7, 11) is 3.49. The maximum absolute atomic E-state index is 8.36. The molecule has 1 aromatic heterocycles. The Morgan fingerprint density at radius 2 is 2.17 bits per heavy atom. The van der Waals surface area contributed by atoms with Crippen LogP contribution in [0.4, 0.5) is 0 Å². The third kappa shape index (κ3) is 4.77. The smallest absolute Gasteiger partial charge is 0.290 e. The van der Waals surface area contributed by atoms with Gasteiger partial charge in [-0.05, 0) is 18.6 Å². The molecular formula is C17H22N2O4S. The molecule has 0 saturated carbocycles. The monoisotopic (exact) mass is 350 g/mol. The molecule has 6 nitrogen and oxygen atoms in total. The Balaban J connectivity index is 0.000000647. The lowest BCUT2D eigenvalue weighted by molar-refractivity contribution is -0.122. The van der Waals surface area contributed by atoms with Crippen molar-refractivity contribution in [3.05, 3.63) is 35.3 Å². The van der Waals surface area contributed by atoms with Gasteiger partial charge in [0.15, 0.2) is 0 Å². The molecule has 3 rings (SSSR count). The SMILES string of the molecule is COc1ccccc1-c1ncc(CN2CCC(OC)C2)s1.O=CO. The number of carboxylic acid groups (broad SMARTS) is 1. The van der Waals surface area contributed by atoms with Crippen LogP contribution in [0.15, 0.2) is 30.5 Å². The van der Waals surface area contributed by atoms with Crippen LogP contribution in [0.1, 0.15) is 11.3 Å². The van der Waals surface area contributed by atoms with E-state index in [4.69, 9.17) is 19.4 Å². The molecule has 1 aromatic carbocycles. The van der Waals surface area contributed by atoms with Crippen molar-refractivity contribution in [1.82, 2.24) is 9.88 Å². The molecular weight excluding hydrogens is 328 g/mol. The molecule has 24 heavy (non-hydrogen) atoms. The Bertz CT molecular complexity index is 647. The average molecular weight is 350 g/mol. The van der Waals surface area contributed by atoms with Gasteiger partial charge in [0.2, 0.25) is 0 Å². The number of thiazole rings is 1. The number of rotatable bonds is 5. The van der Waals surface area contributed by atoms with Gasteiger partial charge in [0.05, 0.1) is 18.8 Å². The number of hydrogen-bond acceptors (Lipinski definition) is 6. The molecule has 0 aliphatic carbocycles. The highest BCUT2D eigenvalue weighted by Gasteiger charge is 2.22. The number of ether oxygens (including phenoxy) is 2. The standard InChI is InChI=1S/C16H20N2O2S.CH2O2/c1-19-12-7-8-18(10-12)11-13-9-17-16(21-13)14-5-3-4-6-15(14)20-2;2-1-3/h3-6,9,12H,7-8,10-11H2,1-2H3;1H,(H,2,3). The van der Waals surface area contributed by atoms with Crippen molar-refractivity contribution in [2.24, 2.45) is 0 Å². The Hall–Kier alpha value is -1.96. The zero-order valence-electron chi connectivity index (χ0n) is 13.8. The van der Waals surface area contributed by atoms with Crippen LogP contribution in [0.3, 0.4) is 0 Å². The highest BCUT2D eigenvalue weighted by atomic mass is 32.1. The number of carbonyl (C=O) groups is 1. The predicted octanol–water partition coefficient (Wildman–Crippen LogP) is 2.74. The second-order valence-electron chi connectivity index (χ2n) is 5.32. The molecule has 1 atom stereocenters. The largest absolute Gasteiger partial charge is 0.496 e. The molecule has 0 bridgehead atoms. The minimum absolute atomic E-state index is 0.250. The average Bonchev–Trinajstić information content (AvgIpc) is 3.25. The highest BCUT2D eigenvalue weighted by molar-refractivity contribution is 7.15. The first-order chi connectivity index (χ1) is 11.7. The normalized spacial score (nSPS) is 17.2. The molecule has 1 N–H and O–H groups in total. The van der Waals surface area contributed by atoms with E-state index >= 15 is 0 Å². The maximum Gasteiger partial charge on any atom is 0.290 e. The summed E-state index contributed by atoms with van der Waals surface area (Å²) in [6.45, 7) is 2.81. The van der Waals surface area contributed by atoms with Gasteiger partial charge >= 0.3 is 0 Å². The summed E-state index contributed by atoms with van der Waals surface area (Å²) in [6.07, 6.45) is 3.48. The molecule has 1 fully saturated rings. The molecule has 1 aliphatic heterocycles. The molecule has 0 spiro atoms. The summed E-state index contributed by atoms with van der Waals surface area (Å²) in [5.74, 6) is 0.874. The molecule has 2 aromatic rings. The Morgan fingerprint density at radius 1 is 1.42 bits per heavy atom. The highest BCUT2D eigenvalue weighted by Crippen LogP contribution is 2.33. The van der Waals surface area contributed by atoms with Gasteiger partial charge in [-0.3, -0.25) is 9.69 Å². The summed E-state index contributed by atoms with van der Waals surface area (Å²) in [5, 5.41) is 7.91. The number of nitrogens with zero attached hydrogens (tertiary/aromatic N) is 2. The van der Waals surface area contributed by atoms with E-state index in [1.54, 1.807) is 25.6 Å². The molecule has 0 amide bonds. The summed E-state index contributed by atoms with van der Waals surface area (Å²) in [5.41, 5.74) is 1.06. The van der Waals surface area contributed by atoms with Crippen molar-refractivity contribution >= 4 is 17.8 Å². The molecule has 1 saturated heterocycles. The topological polar surface area (TPSA) is 71.9 Å². The Morgan fingerprint density at radius 3 is 2.83 bits per heavy atom. The van der Waals surface area contributed by atoms with E-state index < -0.39 is 0 Å². The van der Waals surface area contributed by atoms with Crippen LogP contribution in [0.25, 0.3) is 10.6 Å². The molecule has 7 heteroatoms. The van der Waals surface area contributed by atoms with Crippen LogP contribution in [0, 0.1) is 0 Å². The minimum Gasteiger partial charge on any atom is -0.496 e. The molecule has 2 heterocycles. The minimum atomic E-state index is -0.250. The zero-order chi connectivity index (χ0) is 17.4. The van der Waals surface area contributed by atoms with Gasteiger partial charge in [-0.25, -0.2) is 4.98 Å². The Kier molecular flexibility index (Phi) is 7.17. The van der Waals surface area contributed by atoms with Crippen molar-refractivity contribution in [3.63, 3.8) is 0 Å². The lowest BCUT2D eigenvalue weighted by Crippen LogP contribution is -2.21. The van der Waals surface area contributed by atoms with Crippen LogP contribution in [0.2, 0.25) is 0 Å². The number of methoxy groups -OCH3 is 2. The van der Waals surface area contributed by atoms with Crippen LogP contribution < -0.4 is 4.74 Å².